The van der Waals surface area contributed by atoms with E-state index in [1.807, 2.05) is 0 Å². The van der Waals surface area contributed by atoms with E-state index in [0.29, 0.717) is 22.4 Å². The van der Waals surface area contributed by atoms with Crippen molar-refractivity contribution in [3.05, 3.63) is 24.0 Å². The molecule has 1 aromatic carbocycles. The molecule has 0 radical (unpaired) electrons. The van der Waals surface area contributed by atoms with E-state index in [9.17, 15) is 8.60 Å². The van der Waals surface area contributed by atoms with Gasteiger partial charge in [0.1, 0.15) is 5.82 Å². The van der Waals surface area contributed by atoms with Gasteiger partial charge in [0, 0.05) is 10.9 Å². The summed E-state index contributed by atoms with van der Waals surface area (Å²) in [6.45, 7) is 4.42. The van der Waals surface area contributed by atoms with Gasteiger partial charge in [-0.3, -0.25) is 4.21 Å². The van der Waals surface area contributed by atoms with Crippen LogP contribution in [0.15, 0.2) is 23.1 Å². The average Bonchev–Trinajstić information content (AvgIpc) is 2.32. The average molecular weight is 269 g/mol. The zero-order valence-corrected chi connectivity index (χ0v) is 11.7. The number of hydrogen-bond acceptors (Lipinski definition) is 2. The van der Waals surface area contributed by atoms with Crippen LogP contribution in [0.25, 0.3) is 0 Å². The summed E-state index contributed by atoms with van der Waals surface area (Å²) in [7, 11) is -1.26. The fourth-order valence-corrected chi connectivity index (χ4v) is 4.19. The van der Waals surface area contributed by atoms with Crippen molar-refractivity contribution in [3.63, 3.8) is 0 Å². The molecule has 4 heteroatoms. The molecule has 100 valence electrons. The van der Waals surface area contributed by atoms with E-state index in [1.54, 1.807) is 12.1 Å². The van der Waals surface area contributed by atoms with Crippen LogP contribution in [-0.4, -0.2) is 9.46 Å². The van der Waals surface area contributed by atoms with Crippen LogP contribution < -0.4 is 5.73 Å². The van der Waals surface area contributed by atoms with Gasteiger partial charge in [-0.15, -0.1) is 0 Å². The summed E-state index contributed by atoms with van der Waals surface area (Å²) in [5, 5.41) is 0.0781. The fourth-order valence-electron chi connectivity index (χ4n) is 2.55. The van der Waals surface area contributed by atoms with Gasteiger partial charge in [-0.1, -0.05) is 13.8 Å². The minimum Gasteiger partial charge on any atom is -0.399 e. The Morgan fingerprint density at radius 1 is 1.28 bits per heavy atom. The van der Waals surface area contributed by atoms with E-state index in [1.165, 1.54) is 6.07 Å². The number of anilines is 1. The third-order valence-corrected chi connectivity index (χ3v) is 5.82. The highest BCUT2D eigenvalue weighted by atomic mass is 32.2. The second-order valence-electron chi connectivity index (χ2n) is 5.38. The molecular weight excluding hydrogens is 249 g/mol. The molecule has 4 unspecified atom stereocenters. The molecule has 1 aromatic rings. The van der Waals surface area contributed by atoms with Gasteiger partial charge in [0.05, 0.1) is 15.7 Å². The molecule has 2 nitrogen and oxygen atoms in total. The third kappa shape index (κ3) is 2.74. The molecule has 4 atom stereocenters. The smallest absolute Gasteiger partial charge is 0.141 e. The zero-order valence-electron chi connectivity index (χ0n) is 10.9. The van der Waals surface area contributed by atoms with Crippen molar-refractivity contribution in [1.82, 2.24) is 0 Å². The Hall–Kier alpha value is -0.900. The van der Waals surface area contributed by atoms with Gasteiger partial charge < -0.3 is 5.73 Å². The Morgan fingerprint density at radius 2 is 2.00 bits per heavy atom. The lowest BCUT2D eigenvalue weighted by atomic mass is 9.81. The largest absolute Gasteiger partial charge is 0.399 e. The summed E-state index contributed by atoms with van der Waals surface area (Å²) in [4.78, 5) is 0.302. The molecule has 1 aliphatic rings. The summed E-state index contributed by atoms with van der Waals surface area (Å²) in [5.41, 5.74) is 5.88. The molecule has 2 rings (SSSR count). The first-order valence-corrected chi connectivity index (χ1v) is 7.66. The first kappa shape index (κ1) is 13.5. The van der Waals surface area contributed by atoms with Gasteiger partial charge in [0.2, 0.25) is 0 Å². The number of nitrogens with two attached hydrogens (primary N) is 1. The van der Waals surface area contributed by atoms with Gasteiger partial charge in [0.25, 0.3) is 0 Å². The zero-order chi connectivity index (χ0) is 13.3. The van der Waals surface area contributed by atoms with E-state index in [2.05, 4.69) is 13.8 Å². The van der Waals surface area contributed by atoms with Crippen molar-refractivity contribution in [1.29, 1.82) is 0 Å². The lowest BCUT2D eigenvalue weighted by molar-refractivity contribution is 0.281. The number of halogens is 1. The molecule has 1 aliphatic carbocycles. The van der Waals surface area contributed by atoms with Crippen LogP contribution in [0.1, 0.15) is 33.1 Å². The molecule has 0 amide bonds. The minimum absolute atomic E-state index is 0.0781. The molecule has 1 fully saturated rings. The van der Waals surface area contributed by atoms with E-state index in [4.69, 9.17) is 5.73 Å². The van der Waals surface area contributed by atoms with Gasteiger partial charge in [-0.05, 0) is 49.3 Å². The Balaban J connectivity index is 2.16. The molecule has 0 spiro atoms. The van der Waals surface area contributed by atoms with E-state index < -0.39 is 16.6 Å². The summed E-state index contributed by atoms with van der Waals surface area (Å²) >= 11 is 0. The topological polar surface area (TPSA) is 43.1 Å². The first-order chi connectivity index (χ1) is 8.49. The second-order valence-corrected chi connectivity index (χ2v) is 7.08. The molecule has 0 aliphatic heterocycles. The Bertz CT molecular complexity index is 463. The van der Waals surface area contributed by atoms with Gasteiger partial charge in [0.15, 0.2) is 0 Å². The van der Waals surface area contributed by atoms with Gasteiger partial charge >= 0.3 is 0 Å². The molecule has 18 heavy (non-hydrogen) atoms. The molecule has 0 aromatic heterocycles. The summed E-state index contributed by atoms with van der Waals surface area (Å²) in [5.74, 6) is 0.790. The maximum Gasteiger partial charge on any atom is 0.141 e. The third-order valence-electron chi connectivity index (χ3n) is 4.03. The lowest BCUT2D eigenvalue weighted by Gasteiger charge is -2.31. The maximum absolute atomic E-state index is 13.8. The van der Waals surface area contributed by atoms with Crippen molar-refractivity contribution < 1.29 is 8.60 Å². The Morgan fingerprint density at radius 3 is 2.61 bits per heavy atom. The Labute approximate surface area is 110 Å². The summed E-state index contributed by atoms with van der Waals surface area (Å²) in [6.07, 6.45) is 2.91. The van der Waals surface area contributed by atoms with Crippen LogP contribution in [0.2, 0.25) is 0 Å². The van der Waals surface area contributed by atoms with Gasteiger partial charge in [-0.25, -0.2) is 4.39 Å². The number of hydrogen-bond donors (Lipinski definition) is 1. The number of rotatable bonds is 2. The minimum atomic E-state index is -1.26. The predicted octanol–water partition coefficient (Wildman–Crippen LogP) is 3.34. The van der Waals surface area contributed by atoms with Crippen molar-refractivity contribution in [3.8, 4) is 0 Å². The molecular formula is C14H20FNOS. The monoisotopic (exact) mass is 269 g/mol. The van der Waals surface area contributed by atoms with Crippen molar-refractivity contribution in [2.75, 3.05) is 5.73 Å². The normalized spacial score (nSPS) is 30.1. The highest BCUT2D eigenvalue weighted by Gasteiger charge is 2.29. The standard InChI is InChI=1S/C14H20FNOS/c1-9-3-5-12(7-10(9)2)18(17)14-6-4-11(16)8-13(14)15/h4,6,8-10,12H,3,5,7,16H2,1-2H3. The lowest BCUT2D eigenvalue weighted by Crippen LogP contribution is -2.28. The SMILES string of the molecule is CC1CCC(S(=O)c2ccc(N)cc2F)CC1C. The highest BCUT2D eigenvalue weighted by molar-refractivity contribution is 7.85. The molecule has 0 bridgehead atoms. The first-order valence-electron chi connectivity index (χ1n) is 6.44. The van der Waals surface area contributed by atoms with Crippen LogP contribution in [0.5, 0.6) is 0 Å². The van der Waals surface area contributed by atoms with Crippen LogP contribution in [0.4, 0.5) is 10.1 Å². The van der Waals surface area contributed by atoms with Gasteiger partial charge in [-0.2, -0.15) is 0 Å². The quantitative estimate of drug-likeness (QED) is 0.837. The van der Waals surface area contributed by atoms with Crippen molar-refractivity contribution in [2.45, 2.75) is 43.3 Å². The van der Waals surface area contributed by atoms with E-state index >= 15 is 0 Å². The highest BCUT2D eigenvalue weighted by Crippen LogP contribution is 2.34. The van der Waals surface area contributed by atoms with E-state index in [0.717, 1.165) is 19.3 Å². The van der Waals surface area contributed by atoms with Crippen LogP contribution in [-0.2, 0) is 10.8 Å². The van der Waals surface area contributed by atoms with Crippen molar-refractivity contribution >= 4 is 16.5 Å². The van der Waals surface area contributed by atoms with Crippen LogP contribution in [0.3, 0.4) is 0 Å². The molecule has 0 saturated heterocycles. The summed E-state index contributed by atoms with van der Waals surface area (Å²) < 4.78 is 26.2. The predicted molar refractivity (Wildman–Crippen MR) is 73.2 cm³/mol. The van der Waals surface area contributed by atoms with Crippen molar-refractivity contribution in [2.24, 2.45) is 11.8 Å². The van der Waals surface area contributed by atoms with Crippen LogP contribution in [0, 0.1) is 17.7 Å². The number of benzene rings is 1. The van der Waals surface area contributed by atoms with E-state index in [-0.39, 0.29) is 5.25 Å². The summed E-state index contributed by atoms with van der Waals surface area (Å²) in [6, 6.07) is 4.43. The number of nitrogen functional groups attached to an aromatic ring is 1. The fraction of sp³-hybridized carbons (Fsp3) is 0.571. The molecule has 2 N–H and O–H groups in total. The Kier molecular flexibility index (Phi) is 4.05. The maximum atomic E-state index is 13.8. The van der Waals surface area contributed by atoms with Crippen LogP contribution >= 0.6 is 0 Å². The molecule has 0 heterocycles. The second kappa shape index (κ2) is 5.39. The molecule has 1 saturated carbocycles.